The Labute approximate surface area is 119 Å². The van der Waals surface area contributed by atoms with Crippen LogP contribution in [0.5, 0.6) is 0 Å². The van der Waals surface area contributed by atoms with E-state index in [4.69, 9.17) is 5.11 Å². The molecule has 0 radical (unpaired) electrons. The fourth-order valence-corrected chi connectivity index (χ4v) is 2.25. The molecule has 0 spiro atoms. The third-order valence-electron chi connectivity index (χ3n) is 3.55. The van der Waals surface area contributed by atoms with Crippen molar-refractivity contribution in [3.63, 3.8) is 0 Å². The van der Waals surface area contributed by atoms with Crippen molar-refractivity contribution >= 4 is 17.6 Å². The number of nitro benzene ring substituents is 1. The zero-order valence-electron chi connectivity index (χ0n) is 11.2. The molecule has 7 nitrogen and oxygen atoms in total. The molecule has 1 heterocycles. The van der Waals surface area contributed by atoms with Gasteiger partial charge in [-0.2, -0.15) is 0 Å². The van der Waals surface area contributed by atoms with Crippen LogP contribution in [0.1, 0.15) is 22.3 Å². The van der Waals surface area contributed by atoms with Crippen molar-refractivity contribution in [2.45, 2.75) is 19.0 Å². The van der Waals surface area contributed by atoms with Gasteiger partial charge in [-0.15, -0.1) is 0 Å². The molecule has 1 aliphatic heterocycles. The number of aliphatic carboxylic acids is 1. The van der Waals surface area contributed by atoms with Crippen LogP contribution in [0.3, 0.4) is 0 Å². The minimum Gasteiger partial charge on any atom is -0.479 e. The zero-order chi connectivity index (χ0) is 15.8. The highest BCUT2D eigenvalue weighted by molar-refractivity contribution is 5.97. The number of hydrogen-bond acceptors (Lipinski definition) is 4. The number of nitrogens with zero attached hydrogens (tertiary/aromatic N) is 2. The number of carboxylic acids is 1. The quantitative estimate of drug-likeness (QED) is 0.673. The Morgan fingerprint density at radius 1 is 1.48 bits per heavy atom. The second kappa shape index (κ2) is 5.12. The van der Waals surface area contributed by atoms with Crippen LogP contribution in [0, 0.1) is 17.0 Å². The molecule has 1 aromatic carbocycles. The maximum absolute atomic E-state index is 14.0. The van der Waals surface area contributed by atoms with Gasteiger partial charge in [-0.05, 0) is 12.5 Å². The number of non-ortho nitro benzene ring substituents is 1. The molecule has 0 aliphatic carbocycles. The first kappa shape index (κ1) is 14.9. The number of nitro groups is 1. The Hall–Kier alpha value is -2.51. The number of likely N-dealkylation sites (tertiary alicyclic amines) is 1. The molecule has 1 saturated heterocycles. The highest BCUT2D eigenvalue weighted by Gasteiger charge is 2.47. The molecule has 1 N–H and O–H groups in total. The number of alkyl halides is 1. The lowest BCUT2D eigenvalue weighted by Crippen LogP contribution is -2.39. The van der Waals surface area contributed by atoms with Gasteiger partial charge in [0.2, 0.25) is 5.67 Å². The van der Waals surface area contributed by atoms with E-state index in [9.17, 15) is 24.1 Å². The predicted octanol–water partition coefficient (Wildman–Crippen LogP) is 1.54. The Kier molecular flexibility index (Phi) is 3.63. The highest BCUT2D eigenvalue weighted by Crippen LogP contribution is 2.28. The molecule has 2 rings (SSSR count). The smallest absolute Gasteiger partial charge is 0.343 e. The summed E-state index contributed by atoms with van der Waals surface area (Å²) in [5.74, 6) is -2.20. The lowest BCUT2D eigenvalue weighted by molar-refractivity contribution is -0.384. The van der Waals surface area contributed by atoms with Crippen molar-refractivity contribution in [3.8, 4) is 0 Å². The van der Waals surface area contributed by atoms with Crippen molar-refractivity contribution in [2.75, 3.05) is 13.1 Å². The molecule has 1 aliphatic rings. The van der Waals surface area contributed by atoms with Gasteiger partial charge >= 0.3 is 5.97 Å². The number of carbonyl (C=O) groups is 2. The second-order valence-electron chi connectivity index (χ2n) is 5.00. The largest absolute Gasteiger partial charge is 0.479 e. The standard InChI is InChI=1S/C13H13FN2O5/c1-8-2-3-9(16(20)21)6-10(8)11(17)15-5-4-13(14,7-15)12(18)19/h2-3,6H,4-5,7H2,1H3,(H,18,19). The lowest BCUT2D eigenvalue weighted by atomic mass is 10.1. The molecule has 1 atom stereocenters. The maximum atomic E-state index is 14.0. The Morgan fingerprint density at radius 3 is 2.67 bits per heavy atom. The van der Waals surface area contributed by atoms with Crippen molar-refractivity contribution in [1.29, 1.82) is 0 Å². The van der Waals surface area contributed by atoms with Crippen molar-refractivity contribution < 1.29 is 24.0 Å². The van der Waals surface area contributed by atoms with Gasteiger partial charge in [0.15, 0.2) is 0 Å². The van der Waals surface area contributed by atoms with Gasteiger partial charge in [0.25, 0.3) is 11.6 Å². The Bertz CT molecular complexity index is 633. The molecule has 1 aromatic rings. The van der Waals surface area contributed by atoms with Gasteiger partial charge in [0, 0.05) is 30.7 Å². The van der Waals surface area contributed by atoms with Crippen molar-refractivity contribution in [1.82, 2.24) is 4.90 Å². The summed E-state index contributed by atoms with van der Waals surface area (Å²) in [6, 6.07) is 3.82. The number of halogens is 1. The summed E-state index contributed by atoms with van der Waals surface area (Å²) in [5.41, 5.74) is -2.10. The molecule has 112 valence electrons. The van der Waals surface area contributed by atoms with E-state index in [1.807, 2.05) is 0 Å². The van der Waals surface area contributed by atoms with Crippen molar-refractivity contribution in [2.24, 2.45) is 0 Å². The summed E-state index contributed by atoms with van der Waals surface area (Å²) in [5, 5.41) is 19.6. The molecule has 0 bridgehead atoms. The first-order valence-corrected chi connectivity index (χ1v) is 6.21. The number of amides is 1. The molecule has 0 aromatic heterocycles. The Morgan fingerprint density at radius 2 is 2.14 bits per heavy atom. The van der Waals surface area contributed by atoms with Gasteiger partial charge in [-0.25, -0.2) is 9.18 Å². The molecule has 1 fully saturated rings. The lowest BCUT2D eigenvalue weighted by Gasteiger charge is -2.18. The van der Waals surface area contributed by atoms with E-state index >= 15 is 0 Å². The van der Waals surface area contributed by atoms with Gasteiger partial charge in [-0.3, -0.25) is 14.9 Å². The van der Waals surface area contributed by atoms with Gasteiger partial charge < -0.3 is 10.0 Å². The summed E-state index contributed by atoms with van der Waals surface area (Å²) in [6.45, 7) is 1.01. The van der Waals surface area contributed by atoms with E-state index in [-0.39, 0.29) is 24.2 Å². The normalized spacial score (nSPS) is 21.3. The summed E-state index contributed by atoms with van der Waals surface area (Å²) in [4.78, 5) is 34.3. The van der Waals surface area contributed by atoms with Gasteiger partial charge in [0.05, 0.1) is 11.5 Å². The average molecular weight is 296 g/mol. The van der Waals surface area contributed by atoms with Crippen molar-refractivity contribution in [3.05, 3.63) is 39.4 Å². The predicted molar refractivity (Wildman–Crippen MR) is 69.8 cm³/mol. The van der Waals surface area contributed by atoms with Crippen LogP contribution in [-0.2, 0) is 4.79 Å². The van der Waals surface area contributed by atoms with E-state index in [1.54, 1.807) is 6.92 Å². The molecule has 21 heavy (non-hydrogen) atoms. The van der Waals surface area contributed by atoms with Crippen LogP contribution < -0.4 is 0 Å². The first-order chi connectivity index (χ1) is 9.74. The van der Waals surface area contributed by atoms with Crippen LogP contribution in [-0.4, -0.2) is 45.6 Å². The topological polar surface area (TPSA) is 101 Å². The molecular weight excluding hydrogens is 283 g/mol. The summed E-state index contributed by atoms with van der Waals surface area (Å²) >= 11 is 0. The van der Waals surface area contributed by atoms with E-state index in [0.29, 0.717) is 5.56 Å². The minimum absolute atomic E-state index is 0.0379. The number of rotatable bonds is 3. The molecule has 0 saturated carbocycles. The zero-order valence-corrected chi connectivity index (χ0v) is 11.2. The van der Waals surface area contributed by atoms with Crippen LogP contribution in [0.25, 0.3) is 0 Å². The van der Waals surface area contributed by atoms with Crippen LogP contribution >= 0.6 is 0 Å². The molecule has 1 unspecified atom stereocenters. The Balaban J connectivity index is 2.28. The minimum atomic E-state index is -2.45. The monoisotopic (exact) mass is 296 g/mol. The van der Waals surface area contributed by atoms with E-state index in [1.165, 1.54) is 12.1 Å². The van der Waals surface area contributed by atoms with Gasteiger partial charge in [0.1, 0.15) is 0 Å². The number of carbonyl (C=O) groups excluding carboxylic acids is 1. The third-order valence-corrected chi connectivity index (χ3v) is 3.55. The van der Waals surface area contributed by atoms with E-state index in [0.717, 1.165) is 11.0 Å². The first-order valence-electron chi connectivity index (χ1n) is 6.21. The highest BCUT2D eigenvalue weighted by atomic mass is 19.1. The number of carboxylic acid groups (broad SMARTS) is 1. The van der Waals surface area contributed by atoms with Crippen LogP contribution in [0.15, 0.2) is 18.2 Å². The third kappa shape index (κ3) is 2.69. The van der Waals surface area contributed by atoms with E-state index < -0.39 is 29.0 Å². The summed E-state index contributed by atoms with van der Waals surface area (Å²) in [6.07, 6.45) is -0.290. The van der Waals surface area contributed by atoms with Crippen LogP contribution in [0.4, 0.5) is 10.1 Å². The van der Waals surface area contributed by atoms with Crippen LogP contribution in [0.2, 0.25) is 0 Å². The number of aryl methyl sites for hydroxylation is 1. The molecule has 8 heteroatoms. The second-order valence-corrected chi connectivity index (χ2v) is 5.00. The number of benzene rings is 1. The van der Waals surface area contributed by atoms with E-state index in [2.05, 4.69) is 0 Å². The summed E-state index contributed by atoms with van der Waals surface area (Å²) < 4.78 is 14.0. The average Bonchev–Trinajstić information content (AvgIpc) is 2.82. The van der Waals surface area contributed by atoms with Gasteiger partial charge in [-0.1, -0.05) is 6.07 Å². The molecule has 1 amide bonds. The summed E-state index contributed by atoms with van der Waals surface area (Å²) in [7, 11) is 0. The fourth-order valence-electron chi connectivity index (χ4n) is 2.25. The maximum Gasteiger partial charge on any atom is 0.343 e. The molecular formula is C13H13FN2O5. The fraction of sp³-hybridized carbons (Fsp3) is 0.385. The SMILES string of the molecule is Cc1ccc([N+](=O)[O-])cc1C(=O)N1CCC(F)(C(=O)O)C1. The number of hydrogen-bond donors (Lipinski definition) is 1.